The van der Waals surface area contributed by atoms with E-state index < -0.39 is 0 Å². The molecule has 0 atom stereocenters. The van der Waals surface area contributed by atoms with E-state index in [1.165, 1.54) is 0 Å². The van der Waals surface area contributed by atoms with Gasteiger partial charge in [0.2, 0.25) is 0 Å². The zero-order valence-corrected chi connectivity index (χ0v) is 8.66. The minimum Gasteiger partial charge on any atom is -0.289 e. The summed E-state index contributed by atoms with van der Waals surface area (Å²) < 4.78 is 0. The van der Waals surface area contributed by atoms with Crippen molar-refractivity contribution in [3.8, 4) is 0 Å². The van der Waals surface area contributed by atoms with Crippen LogP contribution in [-0.4, -0.2) is 5.78 Å². The van der Waals surface area contributed by atoms with Crippen molar-refractivity contribution in [3.05, 3.63) is 65.8 Å². The van der Waals surface area contributed by atoms with Gasteiger partial charge in [-0.25, -0.2) is 0 Å². The fourth-order valence-corrected chi connectivity index (χ4v) is 1.88. The Labute approximate surface area is 89.4 Å². The standard InChI is InChI=1S/C14H12O/c1-3-7-11-10(4-2)14(15)13-9-6-5-8-12(11)13/h3-9H,2H2,1H3/b7-3-. The molecule has 2 rings (SSSR count). The molecule has 74 valence electrons. The number of ketones is 1. The SMILES string of the molecule is C=CC1=C(/C=C\C)c2ccccc2C1=O. The zero-order valence-electron chi connectivity index (χ0n) is 8.66. The molecule has 1 aliphatic carbocycles. The van der Waals surface area contributed by atoms with Gasteiger partial charge in [-0.2, -0.15) is 0 Å². The summed E-state index contributed by atoms with van der Waals surface area (Å²) in [4.78, 5) is 12.0. The van der Waals surface area contributed by atoms with Crippen molar-refractivity contribution in [1.29, 1.82) is 0 Å². The zero-order chi connectivity index (χ0) is 10.8. The highest BCUT2D eigenvalue weighted by Gasteiger charge is 2.25. The summed E-state index contributed by atoms with van der Waals surface area (Å²) in [5.41, 5.74) is 3.47. The van der Waals surface area contributed by atoms with Gasteiger partial charge in [0.05, 0.1) is 0 Å². The van der Waals surface area contributed by atoms with Crippen LogP contribution >= 0.6 is 0 Å². The van der Waals surface area contributed by atoms with Gasteiger partial charge in [0.15, 0.2) is 5.78 Å². The lowest BCUT2D eigenvalue weighted by atomic mass is 10.1. The number of fused-ring (bicyclic) bond motifs is 1. The van der Waals surface area contributed by atoms with Gasteiger partial charge in [-0.1, -0.05) is 49.1 Å². The van der Waals surface area contributed by atoms with Crippen LogP contribution in [0.25, 0.3) is 5.57 Å². The van der Waals surface area contributed by atoms with Crippen molar-refractivity contribution in [2.24, 2.45) is 0 Å². The molecule has 0 aromatic heterocycles. The third-order valence-corrected chi connectivity index (χ3v) is 2.53. The highest BCUT2D eigenvalue weighted by atomic mass is 16.1. The average Bonchev–Trinajstić information content (AvgIpc) is 2.54. The molecular weight excluding hydrogens is 184 g/mol. The van der Waals surface area contributed by atoms with Crippen molar-refractivity contribution in [2.75, 3.05) is 0 Å². The number of allylic oxidation sites excluding steroid dienone is 5. The fraction of sp³-hybridized carbons (Fsp3) is 0.0714. The van der Waals surface area contributed by atoms with Crippen molar-refractivity contribution in [3.63, 3.8) is 0 Å². The second-order valence-electron chi connectivity index (χ2n) is 3.41. The van der Waals surface area contributed by atoms with Crippen LogP contribution in [0.4, 0.5) is 0 Å². The lowest BCUT2D eigenvalue weighted by Crippen LogP contribution is -1.95. The van der Waals surface area contributed by atoms with Gasteiger partial charge in [0.1, 0.15) is 0 Å². The van der Waals surface area contributed by atoms with E-state index in [1.807, 2.05) is 43.3 Å². The topological polar surface area (TPSA) is 17.1 Å². The number of hydrogen-bond acceptors (Lipinski definition) is 1. The summed E-state index contributed by atoms with van der Waals surface area (Å²) in [6.07, 6.45) is 5.53. The largest absolute Gasteiger partial charge is 0.289 e. The van der Waals surface area contributed by atoms with E-state index in [0.717, 1.165) is 16.7 Å². The molecule has 1 aliphatic rings. The van der Waals surface area contributed by atoms with E-state index in [4.69, 9.17) is 0 Å². The van der Waals surface area contributed by atoms with Crippen molar-refractivity contribution in [2.45, 2.75) is 6.92 Å². The van der Waals surface area contributed by atoms with Gasteiger partial charge in [0, 0.05) is 11.1 Å². The lowest BCUT2D eigenvalue weighted by Gasteiger charge is -1.98. The van der Waals surface area contributed by atoms with Crippen LogP contribution in [0.1, 0.15) is 22.8 Å². The quantitative estimate of drug-likeness (QED) is 0.708. The Morgan fingerprint density at radius 3 is 2.40 bits per heavy atom. The van der Waals surface area contributed by atoms with E-state index >= 15 is 0 Å². The molecule has 1 aromatic rings. The molecule has 0 radical (unpaired) electrons. The molecule has 1 heteroatoms. The molecule has 0 aliphatic heterocycles. The molecule has 0 saturated heterocycles. The number of benzene rings is 1. The van der Waals surface area contributed by atoms with E-state index in [1.54, 1.807) is 6.08 Å². The summed E-state index contributed by atoms with van der Waals surface area (Å²) >= 11 is 0. The first kappa shape index (κ1) is 9.66. The number of carbonyl (C=O) groups excluding carboxylic acids is 1. The Hall–Kier alpha value is -1.89. The van der Waals surface area contributed by atoms with Crippen molar-refractivity contribution >= 4 is 11.4 Å². The molecule has 0 N–H and O–H groups in total. The van der Waals surface area contributed by atoms with Gasteiger partial charge < -0.3 is 0 Å². The molecule has 1 aromatic carbocycles. The van der Waals surface area contributed by atoms with Crippen LogP contribution < -0.4 is 0 Å². The minimum absolute atomic E-state index is 0.0775. The number of Topliss-reactive ketones (excluding diaryl/α,β-unsaturated/α-hetero) is 1. The summed E-state index contributed by atoms with van der Waals surface area (Å²) in [5.74, 6) is 0.0775. The predicted molar refractivity (Wildman–Crippen MR) is 62.7 cm³/mol. The molecule has 0 spiro atoms. The Morgan fingerprint density at radius 1 is 1.13 bits per heavy atom. The minimum atomic E-state index is 0.0775. The van der Waals surface area contributed by atoms with E-state index in [0.29, 0.717) is 5.57 Å². The Kier molecular flexibility index (Phi) is 2.38. The normalized spacial score (nSPS) is 14.9. The maximum absolute atomic E-state index is 12.0. The monoisotopic (exact) mass is 196 g/mol. The first-order chi connectivity index (χ1) is 7.29. The van der Waals surface area contributed by atoms with Crippen LogP contribution in [0.3, 0.4) is 0 Å². The summed E-state index contributed by atoms with van der Waals surface area (Å²) in [7, 11) is 0. The molecule has 15 heavy (non-hydrogen) atoms. The van der Waals surface area contributed by atoms with Crippen LogP contribution in [0.2, 0.25) is 0 Å². The molecule has 1 nitrogen and oxygen atoms in total. The molecule has 0 saturated carbocycles. The Bertz CT molecular complexity index is 490. The second-order valence-corrected chi connectivity index (χ2v) is 3.41. The summed E-state index contributed by atoms with van der Waals surface area (Å²) in [6, 6.07) is 7.66. The number of rotatable bonds is 2. The van der Waals surface area contributed by atoms with Gasteiger partial charge in [-0.05, 0) is 18.1 Å². The van der Waals surface area contributed by atoms with Crippen molar-refractivity contribution in [1.82, 2.24) is 0 Å². The van der Waals surface area contributed by atoms with Crippen LogP contribution in [0.15, 0.2) is 54.6 Å². The smallest absolute Gasteiger partial charge is 0.194 e. The van der Waals surface area contributed by atoms with Crippen LogP contribution in [0, 0.1) is 0 Å². The first-order valence-electron chi connectivity index (χ1n) is 4.93. The highest BCUT2D eigenvalue weighted by Crippen LogP contribution is 2.33. The van der Waals surface area contributed by atoms with Gasteiger partial charge in [-0.3, -0.25) is 4.79 Å². The number of hydrogen-bond donors (Lipinski definition) is 0. The molecular formula is C14H12O. The lowest BCUT2D eigenvalue weighted by molar-refractivity contribution is 0.104. The van der Waals surface area contributed by atoms with Crippen LogP contribution in [0.5, 0.6) is 0 Å². The molecule has 0 amide bonds. The van der Waals surface area contributed by atoms with Gasteiger partial charge >= 0.3 is 0 Å². The summed E-state index contributed by atoms with van der Waals surface area (Å²) in [6.45, 7) is 5.64. The highest BCUT2D eigenvalue weighted by molar-refractivity contribution is 6.23. The van der Waals surface area contributed by atoms with Crippen LogP contribution in [-0.2, 0) is 0 Å². The average molecular weight is 196 g/mol. The summed E-state index contributed by atoms with van der Waals surface area (Å²) in [5, 5.41) is 0. The molecule has 0 fully saturated rings. The van der Waals surface area contributed by atoms with E-state index in [-0.39, 0.29) is 5.78 Å². The van der Waals surface area contributed by atoms with Gasteiger partial charge in [-0.15, -0.1) is 0 Å². The van der Waals surface area contributed by atoms with Crippen molar-refractivity contribution < 1.29 is 4.79 Å². The molecule has 0 heterocycles. The first-order valence-corrected chi connectivity index (χ1v) is 4.93. The Morgan fingerprint density at radius 2 is 1.80 bits per heavy atom. The molecule has 0 unspecified atom stereocenters. The maximum atomic E-state index is 12.0. The third-order valence-electron chi connectivity index (χ3n) is 2.53. The Balaban J connectivity index is 2.70. The van der Waals surface area contributed by atoms with E-state index in [9.17, 15) is 4.79 Å². The molecule has 0 bridgehead atoms. The third kappa shape index (κ3) is 1.37. The maximum Gasteiger partial charge on any atom is 0.194 e. The second kappa shape index (κ2) is 3.70. The fourth-order valence-electron chi connectivity index (χ4n) is 1.88. The van der Waals surface area contributed by atoms with E-state index in [2.05, 4.69) is 6.58 Å². The number of carbonyl (C=O) groups is 1. The van der Waals surface area contributed by atoms with Gasteiger partial charge in [0.25, 0.3) is 0 Å². The predicted octanol–water partition coefficient (Wildman–Crippen LogP) is 3.40.